The predicted octanol–water partition coefficient (Wildman–Crippen LogP) is 6.13. The van der Waals surface area contributed by atoms with Crippen molar-refractivity contribution in [2.75, 3.05) is 6.26 Å². The maximum Gasteiger partial charge on any atom is 0.0765 e. The van der Waals surface area contributed by atoms with Gasteiger partial charge in [-0.25, -0.2) is 0 Å². The number of aromatic nitrogens is 1. The van der Waals surface area contributed by atoms with Gasteiger partial charge in [0, 0.05) is 33.7 Å². The van der Waals surface area contributed by atoms with Crippen LogP contribution in [0.2, 0.25) is 0 Å². The lowest BCUT2D eigenvalue weighted by Crippen LogP contribution is -2.03. The fourth-order valence-electron chi connectivity index (χ4n) is 3.19. The topological polar surface area (TPSA) is 17.3 Å². The summed E-state index contributed by atoms with van der Waals surface area (Å²) in [5.41, 5.74) is 7.28. The Kier molecular flexibility index (Phi) is 5.44. The molecule has 0 fully saturated rings. The van der Waals surface area contributed by atoms with Crippen LogP contribution in [0.25, 0.3) is 5.69 Å². The monoisotopic (exact) mass is 348 g/mol. The number of aryl methyl sites for hydroxylation is 2. The molecule has 0 radical (unpaired) electrons. The molecule has 0 unspecified atom stereocenters. The average Bonchev–Trinajstić information content (AvgIpc) is 2.93. The second-order valence-corrected chi connectivity index (χ2v) is 6.92. The van der Waals surface area contributed by atoms with Crippen LogP contribution in [0.4, 0.5) is 5.69 Å². The highest BCUT2D eigenvalue weighted by Crippen LogP contribution is 2.28. The summed E-state index contributed by atoms with van der Waals surface area (Å²) in [6, 6.07) is 19.1. The van der Waals surface area contributed by atoms with Gasteiger partial charge in [-0.15, -0.1) is 11.8 Å². The van der Waals surface area contributed by atoms with E-state index in [9.17, 15) is 0 Å². The quantitative estimate of drug-likeness (QED) is 0.400. The lowest BCUT2D eigenvalue weighted by Gasteiger charge is -2.13. The molecule has 0 aliphatic carbocycles. The molecule has 0 saturated carbocycles. The molecule has 25 heavy (non-hydrogen) atoms. The van der Waals surface area contributed by atoms with Crippen LogP contribution in [0.3, 0.4) is 0 Å². The Bertz CT molecular complexity index is 906. The minimum Gasteiger partial charge on any atom is -0.318 e. The summed E-state index contributed by atoms with van der Waals surface area (Å²) >= 11 is 1.73. The first-order valence-corrected chi connectivity index (χ1v) is 9.82. The zero-order valence-corrected chi connectivity index (χ0v) is 16.1. The molecule has 2 aromatic carbocycles. The van der Waals surface area contributed by atoms with Crippen molar-refractivity contribution in [2.24, 2.45) is 4.99 Å². The van der Waals surface area contributed by atoms with E-state index in [2.05, 4.69) is 80.1 Å². The van der Waals surface area contributed by atoms with Crippen LogP contribution in [0.5, 0.6) is 0 Å². The maximum atomic E-state index is 4.74. The third-order valence-corrected chi connectivity index (χ3v) is 5.30. The molecule has 3 aromatic rings. The van der Waals surface area contributed by atoms with Gasteiger partial charge < -0.3 is 4.57 Å². The fourth-order valence-corrected chi connectivity index (χ4v) is 3.74. The van der Waals surface area contributed by atoms with E-state index in [-0.39, 0.29) is 0 Å². The van der Waals surface area contributed by atoms with Crippen molar-refractivity contribution in [1.82, 2.24) is 4.57 Å². The first kappa shape index (κ1) is 17.6. The molecule has 0 saturated heterocycles. The number of para-hydroxylation sites is 2. The van der Waals surface area contributed by atoms with Gasteiger partial charge in [-0.2, -0.15) is 0 Å². The lowest BCUT2D eigenvalue weighted by molar-refractivity contribution is 0.937. The molecule has 0 bridgehead atoms. The number of thioether (sulfide) groups is 1. The summed E-state index contributed by atoms with van der Waals surface area (Å²) in [5, 5.41) is 0. The first-order valence-electron chi connectivity index (χ1n) is 8.60. The third-order valence-electron chi connectivity index (χ3n) is 4.51. The van der Waals surface area contributed by atoms with Gasteiger partial charge in [0.05, 0.1) is 5.69 Å². The predicted molar refractivity (Wildman–Crippen MR) is 110 cm³/mol. The van der Waals surface area contributed by atoms with Gasteiger partial charge in [0.25, 0.3) is 0 Å². The van der Waals surface area contributed by atoms with E-state index in [0.717, 1.165) is 12.1 Å². The summed E-state index contributed by atoms with van der Waals surface area (Å²) in [4.78, 5) is 5.94. The molecule has 3 heteroatoms. The van der Waals surface area contributed by atoms with E-state index in [1.807, 2.05) is 12.3 Å². The highest BCUT2D eigenvalue weighted by atomic mass is 32.2. The molecule has 0 spiro atoms. The van der Waals surface area contributed by atoms with Gasteiger partial charge in [0.15, 0.2) is 0 Å². The SMILES string of the molecule is CCc1ccccc1-n1c(C)cc(C=Nc2ccccc2SC)c1C. The van der Waals surface area contributed by atoms with E-state index < -0.39 is 0 Å². The van der Waals surface area contributed by atoms with Gasteiger partial charge >= 0.3 is 0 Å². The Labute approximate surface area is 154 Å². The Hall–Kier alpha value is -2.26. The van der Waals surface area contributed by atoms with Crippen LogP contribution in [-0.4, -0.2) is 17.0 Å². The van der Waals surface area contributed by atoms with Crippen LogP contribution in [0.1, 0.15) is 29.4 Å². The summed E-state index contributed by atoms with van der Waals surface area (Å²) in [7, 11) is 0. The summed E-state index contributed by atoms with van der Waals surface area (Å²) in [6.07, 6.45) is 5.10. The lowest BCUT2D eigenvalue weighted by atomic mass is 10.1. The minimum atomic E-state index is 1.02. The summed E-state index contributed by atoms with van der Waals surface area (Å²) in [5.74, 6) is 0. The van der Waals surface area contributed by atoms with Gasteiger partial charge in [-0.1, -0.05) is 37.3 Å². The van der Waals surface area contributed by atoms with Crippen molar-refractivity contribution in [3.05, 3.63) is 77.1 Å². The molecule has 0 N–H and O–H groups in total. The highest BCUT2D eigenvalue weighted by molar-refractivity contribution is 7.98. The molecule has 0 aliphatic rings. The molecule has 0 atom stereocenters. The van der Waals surface area contributed by atoms with Crippen LogP contribution in [-0.2, 0) is 6.42 Å². The van der Waals surface area contributed by atoms with Gasteiger partial charge in [0.1, 0.15) is 0 Å². The number of hydrogen-bond donors (Lipinski definition) is 0. The van der Waals surface area contributed by atoms with Gasteiger partial charge in [-0.3, -0.25) is 4.99 Å². The first-order chi connectivity index (χ1) is 12.2. The van der Waals surface area contributed by atoms with E-state index in [1.54, 1.807) is 11.8 Å². The standard InChI is InChI=1S/C22H24N2S/c1-5-18-10-6-8-12-21(18)24-16(2)14-19(17(24)3)15-23-20-11-7-9-13-22(20)25-4/h6-15H,5H2,1-4H3. The van der Waals surface area contributed by atoms with Gasteiger partial charge in [-0.05, 0) is 56.4 Å². The van der Waals surface area contributed by atoms with Crippen molar-refractivity contribution in [3.63, 3.8) is 0 Å². The van der Waals surface area contributed by atoms with Crippen LogP contribution < -0.4 is 0 Å². The summed E-state index contributed by atoms with van der Waals surface area (Å²) < 4.78 is 2.33. The van der Waals surface area contributed by atoms with Crippen molar-refractivity contribution in [2.45, 2.75) is 32.1 Å². The van der Waals surface area contributed by atoms with Gasteiger partial charge in [0.2, 0.25) is 0 Å². The molecular weight excluding hydrogens is 324 g/mol. The zero-order valence-electron chi connectivity index (χ0n) is 15.3. The number of aliphatic imine (C=N–C) groups is 1. The maximum absolute atomic E-state index is 4.74. The Balaban J connectivity index is 2.02. The minimum absolute atomic E-state index is 1.02. The zero-order chi connectivity index (χ0) is 17.8. The highest BCUT2D eigenvalue weighted by Gasteiger charge is 2.11. The summed E-state index contributed by atoms with van der Waals surface area (Å²) in [6.45, 7) is 6.53. The van der Waals surface area contributed by atoms with Crippen molar-refractivity contribution < 1.29 is 0 Å². The van der Waals surface area contributed by atoms with Crippen molar-refractivity contribution in [1.29, 1.82) is 0 Å². The van der Waals surface area contributed by atoms with E-state index in [1.165, 1.54) is 33.1 Å². The Morgan fingerprint density at radius 1 is 1.04 bits per heavy atom. The molecule has 1 heterocycles. The largest absolute Gasteiger partial charge is 0.318 e. The Morgan fingerprint density at radius 2 is 1.76 bits per heavy atom. The molecule has 0 amide bonds. The number of hydrogen-bond acceptors (Lipinski definition) is 2. The van der Waals surface area contributed by atoms with E-state index in [0.29, 0.717) is 0 Å². The second kappa shape index (κ2) is 7.75. The molecule has 2 nitrogen and oxygen atoms in total. The molecular formula is C22H24N2S. The number of rotatable bonds is 5. The third kappa shape index (κ3) is 3.57. The molecule has 1 aromatic heterocycles. The van der Waals surface area contributed by atoms with E-state index >= 15 is 0 Å². The van der Waals surface area contributed by atoms with Crippen LogP contribution in [0.15, 0.2) is 64.5 Å². The molecule has 128 valence electrons. The molecule has 3 rings (SSSR count). The normalized spacial score (nSPS) is 11.4. The van der Waals surface area contributed by atoms with Crippen molar-refractivity contribution >= 4 is 23.7 Å². The molecule has 0 aliphatic heterocycles. The Morgan fingerprint density at radius 3 is 2.52 bits per heavy atom. The fraction of sp³-hybridized carbons (Fsp3) is 0.227. The number of nitrogens with zero attached hydrogens (tertiary/aromatic N) is 2. The second-order valence-electron chi connectivity index (χ2n) is 6.07. The van der Waals surface area contributed by atoms with Crippen LogP contribution >= 0.6 is 11.8 Å². The van der Waals surface area contributed by atoms with Crippen LogP contribution in [0, 0.1) is 13.8 Å². The smallest absolute Gasteiger partial charge is 0.0765 e. The van der Waals surface area contributed by atoms with E-state index in [4.69, 9.17) is 4.99 Å². The number of benzene rings is 2. The average molecular weight is 349 g/mol. The van der Waals surface area contributed by atoms with Crippen molar-refractivity contribution in [3.8, 4) is 5.69 Å².